The lowest BCUT2D eigenvalue weighted by Crippen LogP contribution is -2.60. The molecule has 0 aliphatic carbocycles. The van der Waals surface area contributed by atoms with E-state index < -0.39 is 23.6 Å². The number of benzene rings is 3. The Morgan fingerprint density at radius 1 is 0.619 bits per heavy atom. The standard InChI is InChI=1S/C34H38N4O4/c39-31-32(40)38(24-28-16-8-3-9-17-28)29(23-35-31)18-10-11-20-36-25-30(22-27-14-6-2-7-15-27)37(34(42)33(36)41)21-19-26-12-4-1-5-13-26/h1-9,12-17,29-30H,10-11,18-25H2,(H,35,39)/t29-,30+/m1/s1. The van der Waals surface area contributed by atoms with Gasteiger partial charge in [0.05, 0.1) is 6.04 Å². The van der Waals surface area contributed by atoms with E-state index in [4.69, 9.17) is 0 Å². The first-order valence-corrected chi connectivity index (χ1v) is 14.8. The van der Waals surface area contributed by atoms with E-state index in [1.54, 1.807) is 14.7 Å². The van der Waals surface area contributed by atoms with Crippen molar-refractivity contribution in [3.8, 4) is 0 Å². The zero-order valence-electron chi connectivity index (χ0n) is 23.9. The van der Waals surface area contributed by atoms with E-state index in [1.807, 2.05) is 78.9 Å². The fourth-order valence-electron chi connectivity index (χ4n) is 5.91. The van der Waals surface area contributed by atoms with Crippen LogP contribution in [-0.2, 0) is 38.6 Å². The summed E-state index contributed by atoms with van der Waals surface area (Å²) in [6.07, 6.45) is 3.55. The first-order valence-electron chi connectivity index (χ1n) is 14.8. The molecule has 2 heterocycles. The molecule has 1 N–H and O–H groups in total. The van der Waals surface area contributed by atoms with Gasteiger partial charge in [0, 0.05) is 38.8 Å². The molecule has 0 radical (unpaired) electrons. The van der Waals surface area contributed by atoms with Crippen molar-refractivity contribution >= 4 is 23.6 Å². The highest BCUT2D eigenvalue weighted by molar-refractivity contribution is 6.36. The summed E-state index contributed by atoms with van der Waals surface area (Å²) < 4.78 is 0. The molecule has 0 unspecified atom stereocenters. The lowest BCUT2D eigenvalue weighted by atomic mass is 10.00. The molecule has 0 bridgehead atoms. The van der Waals surface area contributed by atoms with Crippen molar-refractivity contribution in [3.05, 3.63) is 108 Å². The fourth-order valence-corrected chi connectivity index (χ4v) is 5.91. The second-order valence-corrected chi connectivity index (χ2v) is 11.1. The Hall–Kier alpha value is -4.46. The predicted octanol–water partition coefficient (Wildman–Crippen LogP) is 3.21. The lowest BCUT2D eigenvalue weighted by molar-refractivity contribution is -0.159. The summed E-state index contributed by atoms with van der Waals surface area (Å²) in [6, 6.07) is 29.6. The van der Waals surface area contributed by atoms with E-state index in [-0.39, 0.29) is 12.1 Å². The van der Waals surface area contributed by atoms with Crippen LogP contribution in [0.5, 0.6) is 0 Å². The van der Waals surface area contributed by atoms with E-state index in [1.165, 1.54) is 0 Å². The summed E-state index contributed by atoms with van der Waals surface area (Å²) in [5, 5.41) is 2.71. The van der Waals surface area contributed by atoms with Gasteiger partial charge in [-0.2, -0.15) is 0 Å². The smallest absolute Gasteiger partial charge is 0.312 e. The van der Waals surface area contributed by atoms with Crippen molar-refractivity contribution in [3.63, 3.8) is 0 Å². The molecule has 8 heteroatoms. The molecule has 5 rings (SSSR count). The molecule has 3 aromatic rings. The number of piperazine rings is 2. The molecular weight excluding hydrogens is 528 g/mol. The van der Waals surface area contributed by atoms with Gasteiger partial charge in [-0.25, -0.2) is 0 Å². The van der Waals surface area contributed by atoms with Crippen LogP contribution in [0.2, 0.25) is 0 Å². The van der Waals surface area contributed by atoms with Gasteiger partial charge in [0.2, 0.25) is 0 Å². The number of nitrogens with zero attached hydrogens (tertiary/aromatic N) is 3. The third-order valence-electron chi connectivity index (χ3n) is 8.21. The normalized spacial score (nSPS) is 19.3. The van der Waals surface area contributed by atoms with Crippen molar-refractivity contribution in [2.24, 2.45) is 0 Å². The molecule has 3 aromatic carbocycles. The van der Waals surface area contributed by atoms with Crippen molar-refractivity contribution in [1.82, 2.24) is 20.0 Å². The van der Waals surface area contributed by atoms with E-state index in [2.05, 4.69) is 17.4 Å². The number of rotatable bonds is 12. The first-order chi connectivity index (χ1) is 20.5. The van der Waals surface area contributed by atoms with Crippen LogP contribution in [0.25, 0.3) is 0 Å². The van der Waals surface area contributed by atoms with Crippen LogP contribution in [0.4, 0.5) is 0 Å². The summed E-state index contributed by atoms with van der Waals surface area (Å²) in [4.78, 5) is 56.5. The topological polar surface area (TPSA) is 90.0 Å². The van der Waals surface area contributed by atoms with Crippen LogP contribution in [-0.4, -0.2) is 76.6 Å². The number of amides is 4. The van der Waals surface area contributed by atoms with Gasteiger partial charge in [-0.05, 0) is 48.8 Å². The Labute approximate surface area is 247 Å². The van der Waals surface area contributed by atoms with Gasteiger partial charge in [0.25, 0.3) is 0 Å². The number of carbonyl (C=O) groups is 4. The SMILES string of the molecule is O=C1NC[C@@H](CCCCN2C[C@H](Cc3ccccc3)N(CCc3ccccc3)C(=O)C2=O)N(Cc2ccccc2)C1=O. The second kappa shape index (κ2) is 13.9. The van der Waals surface area contributed by atoms with Crippen LogP contribution in [0.1, 0.15) is 36.0 Å². The van der Waals surface area contributed by atoms with E-state index in [9.17, 15) is 19.2 Å². The molecule has 218 valence electrons. The van der Waals surface area contributed by atoms with Crippen LogP contribution in [0.3, 0.4) is 0 Å². The van der Waals surface area contributed by atoms with Gasteiger partial charge in [-0.15, -0.1) is 0 Å². The average molecular weight is 567 g/mol. The minimum Gasteiger partial charge on any atom is -0.346 e. The van der Waals surface area contributed by atoms with Crippen LogP contribution in [0, 0.1) is 0 Å². The Bertz CT molecular complexity index is 1370. The molecule has 0 spiro atoms. The minimum atomic E-state index is -0.569. The number of hydrogen-bond acceptors (Lipinski definition) is 4. The summed E-state index contributed by atoms with van der Waals surface area (Å²) >= 11 is 0. The van der Waals surface area contributed by atoms with Crippen LogP contribution in [0.15, 0.2) is 91.0 Å². The van der Waals surface area contributed by atoms with Gasteiger partial charge in [-0.3, -0.25) is 19.2 Å². The maximum absolute atomic E-state index is 13.4. The molecule has 2 aliphatic heterocycles. The maximum atomic E-state index is 13.4. The highest BCUT2D eigenvalue weighted by Crippen LogP contribution is 2.20. The lowest BCUT2D eigenvalue weighted by Gasteiger charge is -2.41. The number of carbonyl (C=O) groups excluding carboxylic acids is 4. The summed E-state index contributed by atoms with van der Waals surface area (Å²) in [5.74, 6) is -1.96. The highest BCUT2D eigenvalue weighted by Gasteiger charge is 2.39. The Morgan fingerprint density at radius 3 is 1.90 bits per heavy atom. The molecule has 2 aliphatic rings. The van der Waals surface area contributed by atoms with Gasteiger partial charge >= 0.3 is 23.6 Å². The van der Waals surface area contributed by atoms with Crippen molar-refractivity contribution in [1.29, 1.82) is 0 Å². The zero-order chi connectivity index (χ0) is 29.3. The van der Waals surface area contributed by atoms with Gasteiger partial charge in [0.15, 0.2) is 0 Å². The van der Waals surface area contributed by atoms with Gasteiger partial charge < -0.3 is 20.0 Å². The quantitative estimate of drug-likeness (QED) is 0.269. The van der Waals surface area contributed by atoms with Crippen molar-refractivity contribution in [2.75, 3.05) is 26.2 Å². The van der Waals surface area contributed by atoms with Crippen LogP contribution < -0.4 is 5.32 Å². The zero-order valence-corrected chi connectivity index (χ0v) is 23.9. The highest BCUT2D eigenvalue weighted by atomic mass is 16.2. The number of hydrogen-bond donors (Lipinski definition) is 1. The fraction of sp³-hybridized carbons (Fsp3) is 0.353. The largest absolute Gasteiger partial charge is 0.346 e. The van der Waals surface area contributed by atoms with Crippen molar-refractivity contribution in [2.45, 2.75) is 50.7 Å². The summed E-state index contributed by atoms with van der Waals surface area (Å²) in [5.41, 5.74) is 3.25. The average Bonchev–Trinajstić information content (AvgIpc) is 3.02. The molecule has 0 saturated carbocycles. The molecule has 4 amide bonds. The maximum Gasteiger partial charge on any atom is 0.312 e. The Balaban J connectivity index is 1.19. The molecular formula is C34H38N4O4. The van der Waals surface area contributed by atoms with Gasteiger partial charge in [-0.1, -0.05) is 91.0 Å². The van der Waals surface area contributed by atoms with Crippen molar-refractivity contribution < 1.29 is 19.2 Å². The number of unbranched alkanes of at least 4 members (excludes halogenated alkanes) is 1. The van der Waals surface area contributed by atoms with E-state index >= 15 is 0 Å². The van der Waals surface area contributed by atoms with E-state index in [0.29, 0.717) is 58.4 Å². The molecule has 8 nitrogen and oxygen atoms in total. The molecule has 0 aromatic heterocycles. The predicted molar refractivity (Wildman–Crippen MR) is 160 cm³/mol. The molecule has 2 fully saturated rings. The monoisotopic (exact) mass is 566 g/mol. The van der Waals surface area contributed by atoms with E-state index in [0.717, 1.165) is 23.1 Å². The third-order valence-corrected chi connectivity index (χ3v) is 8.21. The summed E-state index contributed by atoms with van der Waals surface area (Å²) in [6.45, 7) is 2.27. The number of nitrogens with one attached hydrogen (secondary N) is 1. The molecule has 42 heavy (non-hydrogen) atoms. The summed E-state index contributed by atoms with van der Waals surface area (Å²) in [7, 11) is 0. The first kappa shape index (κ1) is 29.0. The van der Waals surface area contributed by atoms with Gasteiger partial charge in [0.1, 0.15) is 0 Å². The minimum absolute atomic E-state index is 0.103. The molecule has 2 atom stereocenters. The van der Waals surface area contributed by atoms with Crippen LogP contribution >= 0.6 is 0 Å². The second-order valence-electron chi connectivity index (χ2n) is 11.1. The Kier molecular flexibility index (Phi) is 9.64. The molecule has 2 saturated heterocycles. The Morgan fingerprint density at radius 2 is 1.24 bits per heavy atom. The third kappa shape index (κ3) is 7.24.